The molecule has 6 heteroatoms. The molecule has 1 aliphatic rings. The summed E-state index contributed by atoms with van der Waals surface area (Å²) in [4.78, 5) is 22.4. The van der Waals surface area contributed by atoms with E-state index in [1.807, 2.05) is 60.7 Å². The van der Waals surface area contributed by atoms with Crippen LogP contribution >= 0.6 is 0 Å². The number of fused-ring (bicyclic) bond motifs is 1. The van der Waals surface area contributed by atoms with Crippen LogP contribution in [-0.2, 0) is 5.54 Å². The lowest BCUT2D eigenvalue weighted by Gasteiger charge is -2.38. The second kappa shape index (κ2) is 8.49. The molecule has 2 N–H and O–H groups in total. The molecule has 6 nitrogen and oxygen atoms in total. The second-order valence-electron chi connectivity index (χ2n) is 8.85. The Balaban J connectivity index is 1.55. The summed E-state index contributed by atoms with van der Waals surface area (Å²) in [6.45, 7) is 0. The van der Waals surface area contributed by atoms with Crippen molar-refractivity contribution in [3.63, 3.8) is 0 Å². The first-order valence-electron chi connectivity index (χ1n) is 11.6. The van der Waals surface area contributed by atoms with Crippen molar-refractivity contribution in [2.75, 3.05) is 0 Å². The number of hydrogen-bond donors (Lipinski definition) is 1. The van der Waals surface area contributed by atoms with Crippen LogP contribution in [0.25, 0.3) is 33.4 Å². The predicted octanol–water partition coefficient (Wildman–Crippen LogP) is 6.05. The van der Waals surface area contributed by atoms with E-state index >= 15 is 0 Å². The number of pyridine rings is 2. The fourth-order valence-corrected chi connectivity index (χ4v) is 4.55. The van der Waals surface area contributed by atoms with Crippen LogP contribution in [0.5, 0.6) is 11.8 Å². The summed E-state index contributed by atoms with van der Waals surface area (Å²) in [7, 11) is 0. The van der Waals surface area contributed by atoms with Crippen molar-refractivity contribution in [2.45, 2.75) is 24.8 Å². The van der Waals surface area contributed by atoms with E-state index in [4.69, 9.17) is 14.9 Å². The Morgan fingerprint density at radius 2 is 1.60 bits per heavy atom. The average molecular weight is 462 g/mol. The van der Waals surface area contributed by atoms with Crippen molar-refractivity contribution in [3.05, 3.63) is 107 Å². The average Bonchev–Trinajstić information content (AvgIpc) is 2.89. The fourth-order valence-electron chi connectivity index (χ4n) is 4.55. The van der Waals surface area contributed by atoms with Gasteiger partial charge < -0.3 is 14.9 Å². The number of nitrogens with two attached hydrogens (primary N) is 1. The van der Waals surface area contributed by atoms with E-state index in [9.17, 15) is 4.79 Å². The molecule has 2 aromatic carbocycles. The van der Waals surface area contributed by atoms with Crippen LogP contribution in [0.4, 0.5) is 0 Å². The number of benzene rings is 2. The Hall–Kier alpha value is -4.29. The van der Waals surface area contributed by atoms with Crippen LogP contribution in [0, 0.1) is 0 Å². The molecular formula is C29H23N3O3. The van der Waals surface area contributed by atoms with Gasteiger partial charge in [0.15, 0.2) is 0 Å². The van der Waals surface area contributed by atoms with Gasteiger partial charge in [-0.1, -0.05) is 60.7 Å². The summed E-state index contributed by atoms with van der Waals surface area (Å²) >= 11 is 0. The van der Waals surface area contributed by atoms with Gasteiger partial charge >= 0.3 is 0 Å². The third-order valence-corrected chi connectivity index (χ3v) is 6.64. The molecule has 35 heavy (non-hydrogen) atoms. The van der Waals surface area contributed by atoms with E-state index in [0.29, 0.717) is 22.6 Å². The molecule has 172 valence electrons. The first-order valence-corrected chi connectivity index (χ1v) is 11.6. The molecule has 0 spiro atoms. The Labute approximate surface area is 202 Å². The van der Waals surface area contributed by atoms with E-state index in [1.165, 1.54) is 0 Å². The van der Waals surface area contributed by atoms with Gasteiger partial charge in [-0.25, -0.2) is 9.97 Å². The fraction of sp³-hybridized carbons (Fsp3) is 0.138. The highest BCUT2D eigenvalue weighted by Crippen LogP contribution is 2.40. The van der Waals surface area contributed by atoms with Crippen molar-refractivity contribution in [1.82, 2.24) is 9.97 Å². The predicted molar refractivity (Wildman–Crippen MR) is 135 cm³/mol. The van der Waals surface area contributed by atoms with Crippen LogP contribution in [0.3, 0.4) is 0 Å². The molecule has 3 heterocycles. The summed E-state index contributed by atoms with van der Waals surface area (Å²) in [6, 6.07) is 24.5. The van der Waals surface area contributed by atoms with Crippen LogP contribution in [0.15, 0.2) is 100 Å². The molecular weight excluding hydrogens is 438 g/mol. The minimum Gasteiger partial charge on any atom is -0.449 e. The lowest BCUT2D eigenvalue weighted by Crippen LogP contribution is -2.43. The highest BCUT2D eigenvalue weighted by atomic mass is 16.5. The number of aromatic nitrogens is 2. The van der Waals surface area contributed by atoms with E-state index in [-0.39, 0.29) is 22.4 Å². The summed E-state index contributed by atoms with van der Waals surface area (Å²) in [5.74, 6) is 1.01. The van der Waals surface area contributed by atoms with Gasteiger partial charge in [-0.05, 0) is 42.5 Å². The van der Waals surface area contributed by atoms with E-state index in [0.717, 1.165) is 36.0 Å². The van der Waals surface area contributed by atoms with Crippen molar-refractivity contribution in [2.24, 2.45) is 5.73 Å². The largest absolute Gasteiger partial charge is 0.449 e. The molecule has 0 amide bonds. The van der Waals surface area contributed by atoms with Gasteiger partial charge in [0, 0.05) is 29.6 Å². The third kappa shape index (κ3) is 3.78. The molecule has 0 atom stereocenters. The zero-order chi connectivity index (χ0) is 23.8. The Morgan fingerprint density at radius 3 is 2.29 bits per heavy atom. The summed E-state index contributed by atoms with van der Waals surface area (Å²) in [5, 5.41) is 0.388. The maximum absolute atomic E-state index is 13.9. The maximum Gasteiger partial charge on any atom is 0.265 e. The van der Waals surface area contributed by atoms with E-state index in [2.05, 4.69) is 9.97 Å². The molecule has 0 unspecified atom stereocenters. The number of nitrogens with zero attached hydrogens (tertiary/aromatic N) is 2. The maximum atomic E-state index is 13.9. The molecule has 0 radical (unpaired) electrons. The smallest absolute Gasteiger partial charge is 0.265 e. The molecule has 5 aromatic rings. The monoisotopic (exact) mass is 461 g/mol. The van der Waals surface area contributed by atoms with Crippen molar-refractivity contribution < 1.29 is 9.15 Å². The highest BCUT2D eigenvalue weighted by Gasteiger charge is 2.34. The summed E-state index contributed by atoms with van der Waals surface area (Å²) in [6.07, 6.45) is 6.27. The SMILES string of the molecule is NC1(c2ccc(-c3c(-c4ccccc4)oc4c(Oc5ccccn5)nccc4c3=O)cc2)CCC1. The molecule has 0 saturated heterocycles. The van der Waals surface area contributed by atoms with E-state index in [1.54, 1.807) is 30.6 Å². The number of ether oxygens (including phenoxy) is 1. The van der Waals surface area contributed by atoms with Crippen molar-refractivity contribution >= 4 is 11.0 Å². The molecule has 1 aliphatic carbocycles. The zero-order valence-electron chi connectivity index (χ0n) is 19.0. The minimum atomic E-state index is -0.266. The first-order chi connectivity index (χ1) is 17.1. The van der Waals surface area contributed by atoms with Gasteiger partial charge in [-0.2, -0.15) is 0 Å². The third-order valence-electron chi connectivity index (χ3n) is 6.64. The molecule has 0 bridgehead atoms. The van der Waals surface area contributed by atoms with Crippen molar-refractivity contribution in [1.29, 1.82) is 0 Å². The Kier molecular flexibility index (Phi) is 5.16. The molecule has 0 aliphatic heterocycles. The van der Waals surface area contributed by atoms with Gasteiger partial charge in [0.2, 0.25) is 16.9 Å². The number of hydrogen-bond acceptors (Lipinski definition) is 6. The molecule has 1 fully saturated rings. The molecule has 6 rings (SSSR count). The first kappa shape index (κ1) is 21.3. The summed E-state index contributed by atoms with van der Waals surface area (Å²) < 4.78 is 12.3. The Morgan fingerprint density at radius 1 is 0.829 bits per heavy atom. The normalized spacial score (nSPS) is 14.4. The van der Waals surface area contributed by atoms with E-state index < -0.39 is 0 Å². The lowest BCUT2D eigenvalue weighted by molar-refractivity contribution is 0.253. The number of rotatable bonds is 5. The van der Waals surface area contributed by atoms with Gasteiger partial charge in [-0.15, -0.1) is 0 Å². The lowest BCUT2D eigenvalue weighted by atomic mass is 9.72. The minimum absolute atomic E-state index is 0.155. The standard InChI is InChI=1S/C29H23N3O3/c30-29(15-6-16-29)21-12-10-19(11-13-21)24-25(33)22-14-18-32-28(34-23-9-4-5-17-31-23)27(22)35-26(24)20-7-2-1-3-8-20/h1-5,7-14,17-18H,6,15-16,30H2. The van der Waals surface area contributed by atoms with Gasteiger partial charge in [0.25, 0.3) is 5.88 Å². The van der Waals surface area contributed by atoms with Crippen molar-refractivity contribution in [3.8, 4) is 34.2 Å². The van der Waals surface area contributed by atoms with Crippen LogP contribution in [-0.4, -0.2) is 9.97 Å². The van der Waals surface area contributed by atoms with Gasteiger partial charge in [-0.3, -0.25) is 4.79 Å². The highest BCUT2D eigenvalue weighted by molar-refractivity contribution is 5.91. The topological polar surface area (TPSA) is 91.2 Å². The zero-order valence-corrected chi connectivity index (χ0v) is 19.0. The molecule has 1 saturated carbocycles. The van der Waals surface area contributed by atoms with Gasteiger partial charge in [0.05, 0.1) is 10.9 Å². The molecule has 3 aromatic heterocycles. The van der Waals surface area contributed by atoms with Crippen LogP contribution < -0.4 is 15.9 Å². The van der Waals surface area contributed by atoms with Crippen LogP contribution in [0.2, 0.25) is 0 Å². The van der Waals surface area contributed by atoms with Gasteiger partial charge in [0.1, 0.15) is 5.76 Å². The Bertz CT molecular complexity index is 1560. The second-order valence-corrected chi connectivity index (χ2v) is 8.85. The quantitative estimate of drug-likeness (QED) is 0.343. The van der Waals surface area contributed by atoms with Crippen LogP contribution in [0.1, 0.15) is 24.8 Å². The summed E-state index contributed by atoms with van der Waals surface area (Å²) in [5.41, 5.74) is 9.51.